The lowest BCUT2D eigenvalue weighted by Crippen LogP contribution is -2.48. The maximum absolute atomic E-state index is 6.00. The summed E-state index contributed by atoms with van der Waals surface area (Å²) in [6.45, 7) is 21.4. The molecule has 0 aliphatic rings. The highest BCUT2D eigenvalue weighted by atomic mass is 28.4. The highest BCUT2D eigenvalue weighted by Crippen LogP contribution is 2.35. The van der Waals surface area contributed by atoms with E-state index in [1.54, 1.807) is 0 Å². The van der Waals surface area contributed by atoms with Gasteiger partial charge in [0, 0.05) is 0 Å². The number of rotatable bonds is 14. The Morgan fingerprint density at radius 1 is 0.783 bits per heavy atom. The van der Waals surface area contributed by atoms with E-state index in [1.807, 2.05) is 20.8 Å². The SMILES string of the molecule is C=C(C)O[Si](OC(=C)C)(OC(=C)C)C(C)CCCCCCCC. The molecular weight excluding hydrogens is 304 g/mol. The molecule has 134 valence electrons. The average molecular weight is 341 g/mol. The second-order valence-electron chi connectivity index (χ2n) is 6.47. The molecule has 0 aromatic heterocycles. The molecule has 4 heteroatoms. The Morgan fingerprint density at radius 2 is 1.17 bits per heavy atom. The van der Waals surface area contributed by atoms with Crippen molar-refractivity contribution in [2.24, 2.45) is 0 Å². The van der Waals surface area contributed by atoms with Crippen LogP contribution in [0.3, 0.4) is 0 Å². The summed E-state index contributed by atoms with van der Waals surface area (Å²) < 4.78 is 18.0. The van der Waals surface area contributed by atoms with Gasteiger partial charge >= 0.3 is 8.80 Å². The first kappa shape index (κ1) is 21.8. The van der Waals surface area contributed by atoms with Gasteiger partial charge < -0.3 is 13.3 Å². The van der Waals surface area contributed by atoms with E-state index >= 15 is 0 Å². The van der Waals surface area contributed by atoms with Crippen LogP contribution in [0.15, 0.2) is 37.0 Å². The van der Waals surface area contributed by atoms with Gasteiger partial charge in [0.15, 0.2) is 0 Å². The van der Waals surface area contributed by atoms with Crippen LogP contribution in [-0.2, 0) is 13.3 Å². The first-order chi connectivity index (χ1) is 10.7. The van der Waals surface area contributed by atoms with Crippen molar-refractivity contribution in [1.82, 2.24) is 0 Å². The van der Waals surface area contributed by atoms with E-state index in [0.717, 1.165) is 12.8 Å². The summed E-state index contributed by atoms with van der Waals surface area (Å²) in [6, 6.07) is 0. The zero-order chi connectivity index (χ0) is 17.9. The Hall–Kier alpha value is -1.16. The van der Waals surface area contributed by atoms with E-state index < -0.39 is 8.80 Å². The second-order valence-corrected chi connectivity index (χ2v) is 9.28. The Labute approximate surface area is 144 Å². The highest BCUT2D eigenvalue weighted by molar-refractivity contribution is 6.63. The van der Waals surface area contributed by atoms with Crippen LogP contribution in [0.25, 0.3) is 0 Å². The number of hydrogen-bond donors (Lipinski definition) is 0. The third-order valence-corrected chi connectivity index (χ3v) is 6.94. The smallest absolute Gasteiger partial charge is 0.488 e. The van der Waals surface area contributed by atoms with Crippen LogP contribution in [0.5, 0.6) is 0 Å². The van der Waals surface area contributed by atoms with E-state index in [9.17, 15) is 0 Å². The third kappa shape index (κ3) is 9.54. The fourth-order valence-corrected chi connectivity index (χ4v) is 5.24. The summed E-state index contributed by atoms with van der Waals surface area (Å²) in [5.74, 6) is 1.82. The molecule has 0 aromatic carbocycles. The molecule has 0 spiro atoms. The van der Waals surface area contributed by atoms with E-state index in [-0.39, 0.29) is 5.54 Å². The zero-order valence-corrected chi connectivity index (χ0v) is 16.9. The molecule has 3 nitrogen and oxygen atoms in total. The van der Waals surface area contributed by atoms with Gasteiger partial charge in [-0.3, -0.25) is 0 Å². The fourth-order valence-electron chi connectivity index (χ4n) is 2.50. The van der Waals surface area contributed by atoms with Gasteiger partial charge in [0.2, 0.25) is 0 Å². The minimum Gasteiger partial charge on any atom is -0.488 e. The lowest BCUT2D eigenvalue weighted by atomic mass is 10.1. The maximum Gasteiger partial charge on any atom is 0.701 e. The average Bonchev–Trinajstić information content (AvgIpc) is 2.39. The number of unbranched alkanes of at least 4 members (excludes halogenated alkanes) is 5. The molecule has 0 N–H and O–H groups in total. The van der Waals surface area contributed by atoms with Gasteiger partial charge in [-0.2, -0.15) is 0 Å². The topological polar surface area (TPSA) is 27.7 Å². The van der Waals surface area contributed by atoms with Crippen LogP contribution in [0.4, 0.5) is 0 Å². The van der Waals surface area contributed by atoms with E-state index in [0.29, 0.717) is 17.3 Å². The van der Waals surface area contributed by atoms with Gasteiger partial charge in [-0.15, -0.1) is 0 Å². The van der Waals surface area contributed by atoms with Crippen LogP contribution in [0.2, 0.25) is 5.54 Å². The van der Waals surface area contributed by atoms with Crippen LogP contribution in [-0.4, -0.2) is 8.80 Å². The lowest BCUT2D eigenvalue weighted by molar-refractivity contribution is 0.131. The van der Waals surface area contributed by atoms with Crippen molar-refractivity contribution < 1.29 is 13.3 Å². The first-order valence-electron chi connectivity index (χ1n) is 8.77. The van der Waals surface area contributed by atoms with Crippen LogP contribution in [0.1, 0.15) is 79.6 Å². The van der Waals surface area contributed by atoms with Crippen molar-refractivity contribution in [3.8, 4) is 0 Å². The fraction of sp³-hybridized carbons (Fsp3) is 0.684. The first-order valence-corrected chi connectivity index (χ1v) is 10.6. The summed E-state index contributed by atoms with van der Waals surface area (Å²) in [6.07, 6.45) is 8.61. The Morgan fingerprint density at radius 3 is 1.57 bits per heavy atom. The molecular formula is C19H36O3Si. The quantitative estimate of drug-likeness (QED) is 0.200. The molecule has 0 aromatic rings. The largest absolute Gasteiger partial charge is 0.701 e. The molecule has 23 heavy (non-hydrogen) atoms. The monoisotopic (exact) mass is 340 g/mol. The summed E-state index contributed by atoms with van der Waals surface area (Å²) >= 11 is 0. The van der Waals surface area contributed by atoms with Gasteiger partial charge in [0.05, 0.1) is 22.8 Å². The van der Waals surface area contributed by atoms with Gasteiger partial charge in [-0.05, 0) is 27.2 Å². The molecule has 0 aliphatic heterocycles. The van der Waals surface area contributed by atoms with Crippen molar-refractivity contribution in [2.45, 2.75) is 85.1 Å². The summed E-state index contributed by atoms with van der Waals surface area (Å²) in [4.78, 5) is 0. The van der Waals surface area contributed by atoms with Crippen LogP contribution < -0.4 is 0 Å². The molecule has 0 amide bonds. The van der Waals surface area contributed by atoms with Crippen molar-refractivity contribution in [2.75, 3.05) is 0 Å². The summed E-state index contributed by atoms with van der Waals surface area (Å²) in [5, 5.41) is 0. The minimum atomic E-state index is -2.96. The summed E-state index contributed by atoms with van der Waals surface area (Å²) in [7, 11) is -2.96. The molecule has 0 aliphatic carbocycles. The maximum atomic E-state index is 6.00. The van der Waals surface area contributed by atoms with Crippen molar-refractivity contribution in [3.05, 3.63) is 37.0 Å². The van der Waals surface area contributed by atoms with Gasteiger partial charge in [0.25, 0.3) is 0 Å². The molecule has 0 fully saturated rings. The van der Waals surface area contributed by atoms with E-state index in [2.05, 4.69) is 33.6 Å². The predicted molar refractivity (Wildman–Crippen MR) is 101 cm³/mol. The number of allylic oxidation sites excluding steroid dienone is 3. The van der Waals surface area contributed by atoms with E-state index in [4.69, 9.17) is 13.3 Å². The Bertz CT molecular complexity index is 349. The minimum absolute atomic E-state index is 0.166. The van der Waals surface area contributed by atoms with E-state index in [1.165, 1.54) is 32.1 Å². The molecule has 0 heterocycles. The second kappa shape index (κ2) is 11.4. The standard InChI is InChI=1S/C19H36O3Si/c1-9-10-11-12-13-14-15-19(8)23(20-16(2)3,21-17(4)5)22-18(6)7/h19H,2,4,6,9-15H2,1,3,5,7-8H3. The normalized spacial score (nSPS) is 12.4. The predicted octanol–water partition coefficient (Wildman–Crippen LogP) is 6.72. The molecule has 0 rings (SSSR count). The van der Waals surface area contributed by atoms with Gasteiger partial charge in [-0.25, -0.2) is 0 Å². The lowest BCUT2D eigenvalue weighted by Gasteiger charge is -2.34. The van der Waals surface area contributed by atoms with Crippen molar-refractivity contribution in [1.29, 1.82) is 0 Å². The number of hydrogen-bond acceptors (Lipinski definition) is 3. The Kier molecular flexibility index (Phi) is 10.8. The zero-order valence-electron chi connectivity index (χ0n) is 15.9. The molecule has 0 radical (unpaired) electrons. The highest BCUT2D eigenvalue weighted by Gasteiger charge is 2.54. The molecule has 1 unspecified atom stereocenters. The van der Waals surface area contributed by atoms with Gasteiger partial charge in [0.1, 0.15) is 0 Å². The third-order valence-electron chi connectivity index (χ3n) is 3.54. The van der Waals surface area contributed by atoms with Crippen molar-refractivity contribution >= 4 is 8.80 Å². The van der Waals surface area contributed by atoms with Crippen molar-refractivity contribution in [3.63, 3.8) is 0 Å². The Balaban J connectivity index is 4.82. The summed E-state index contributed by atoms with van der Waals surface area (Å²) in [5.41, 5.74) is 0.166. The van der Waals surface area contributed by atoms with Crippen LogP contribution in [0, 0.1) is 0 Å². The van der Waals surface area contributed by atoms with Gasteiger partial charge in [-0.1, -0.05) is 72.1 Å². The molecule has 0 saturated heterocycles. The van der Waals surface area contributed by atoms with Crippen LogP contribution >= 0.6 is 0 Å². The molecule has 1 atom stereocenters. The molecule has 0 bridgehead atoms. The molecule has 0 saturated carbocycles.